The molecular weight excluding hydrogens is 482 g/mol. The zero-order chi connectivity index (χ0) is 27.1. The van der Waals surface area contributed by atoms with E-state index >= 15 is 0 Å². The van der Waals surface area contributed by atoms with Gasteiger partial charge >= 0.3 is 5.97 Å². The first kappa shape index (κ1) is 26.4. The van der Waals surface area contributed by atoms with Crippen LogP contribution in [0.1, 0.15) is 48.5 Å². The Morgan fingerprint density at radius 1 is 1.21 bits per heavy atom. The lowest BCUT2D eigenvalue weighted by Gasteiger charge is -2.34. The highest BCUT2D eigenvalue weighted by atomic mass is 16.4. The number of nitriles is 1. The van der Waals surface area contributed by atoms with Crippen molar-refractivity contribution in [1.29, 1.82) is 5.26 Å². The summed E-state index contributed by atoms with van der Waals surface area (Å²) in [5, 5.41) is 22.3. The number of nitrogen functional groups attached to an aromatic ring is 1. The summed E-state index contributed by atoms with van der Waals surface area (Å²) in [7, 11) is 0. The lowest BCUT2D eigenvalue weighted by atomic mass is 9.95. The first-order valence-corrected chi connectivity index (χ1v) is 12.2. The standard InChI is InChI=1S/C27H29N9O2/c1-17(36-10-8-19(9-11-36)26(37)38)22-7-3-6-21(32-22)15-31-16-25(35-30)24-13-23(33-27(29)34-24)20-5-2-4-18(12-20)14-28/h2-7,12-13,16-17,19H,8-11,15,30H2,1H3,(H,37,38)(H2,29,33,34)/t17-/m0/s1. The predicted octanol–water partition coefficient (Wildman–Crippen LogP) is 2.78. The molecule has 3 heterocycles. The number of aliphatic imine (C=N–C) groups is 1. The van der Waals surface area contributed by atoms with E-state index in [9.17, 15) is 15.2 Å². The minimum absolute atomic E-state index is 0.0464. The van der Waals surface area contributed by atoms with Gasteiger partial charge in [-0.3, -0.25) is 19.7 Å². The van der Waals surface area contributed by atoms with Crippen LogP contribution in [0.5, 0.6) is 0 Å². The average molecular weight is 512 g/mol. The summed E-state index contributed by atoms with van der Waals surface area (Å²) >= 11 is 0. The molecule has 194 valence electrons. The van der Waals surface area contributed by atoms with Gasteiger partial charge in [-0.1, -0.05) is 18.2 Å². The number of carboxylic acids is 1. The van der Waals surface area contributed by atoms with E-state index in [1.165, 1.54) is 6.21 Å². The molecule has 1 fully saturated rings. The Morgan fingerprint density at radius 2 is 1.97 bits per heavy atom. The fourth-order valence-electron chi connectivity index (χ4n) is 4.42. The molecule has 0 bridgehead atoms. The van der Waals surface area contributed by atoms with Gasteiger partial charge in [0.2, 0.25) is 5.95 Å². The van der Waals surface area contributed by atoms with Gasteiger partial charge in [0, 0.05) is 11.6 Å². The van der Waals surface area contributed by atoms with Gasteiger partial charge in [0.15, 0.2) is 0 Å². The second-order valence-corrected chi connectivity index (χ2v) is 9.05. The lowest BCUT2D eigenvalue weighted by molar-refractivity contribution is -0.143. The van der Waals surface area contributed by atoms with Gasteiger partial charge in [0.25, 0.3) is 0 Å². The molecule has 0 spiro atoms. The number of aliphatic carboxylic acids is 1. The maximum Gasteiger partial charge on any atom is 0.306 e. The molecule has 5 N–H and O–H groups in total. The third-order valence-corrected chi connectivity index (χ3v) is 6.58. The Balaban J connectivity index is 1.45. The first-order chi connectivity index (χ1) is 18.4. The first-order valence-electron chi connectivity index (χ1n) is 12.2. The van der Waals surface area contributed by atoms with Crippen LogP contribution in [0.25, 0.3) is 11.3 Å². The van der Waals surface area contributed by atoms with Crippen LogP contribution in [0.3, 0.4) is 0 Å². The van der Waals surface area contributed by atoms with E-state index in [1.54, 1.807) is 24.3 Å². The number of carbonyl (C=O) groups is 1. The number of pyridine rings is 1. The molecule has 0 radical (unpaired) electrons. The van der Waals surface area contributed by atoms with E-state index in [4.69, 9.17) is 16.6 Å². The molecule has 0 aliphatic carbocycles. The highest BCUT2D eigenvalue weighted by Crippen LogP contribution is 2.26. The summed E-state index contributed by atoms with van der Waals surface area (Å²) < 4.78 is 0. The number of hydrogen-bond acceptors (Lipinski definition) is 10. The molecule has 11 heteroatoms. The van der Waals surface area contributed by atoms with Crippen LogP contribution in [-0.4, -0.2) is 55.9 Å². The molecule has 2 aromatic heterocycles. The molecule has 11 nitrogen and oxygen atoms in total. The minimum atomic E-state index is -0.718. The van der Waals surface area contributed by atoms with Crippen LogP contribution in [0.2, 0.25) is 0 Å². The SMILES string of the molecule is C[C@@H](c1cccc(CN=CC(=NN)c2cc(-c3cccc(C#N)c3)nc(N)n2)n1)N1CCC(C(=O)O)CC1. The number of likely N-dealkylation sites (tertiary alicyclic amines) is 1. The van der Waals surface area contributed by atoms with Gasteiger partial charge < -0.3 is 16.7 Å². The third kappa shape index (κ3) is 6.35. The molecule has 1 aliphatic rings. The van der Waals surface area contributed by atoms with Gasteiger partial charge in [0.05, 0.1) is 53.1 Å². The Hall–Kier alpha value is -4.69. The van der Waals surface area contributed by atoms with Crippen LogP contribution >= 0.6 is 0 Å². The number of piperidine rings is 1. The van der Waals surface area contributed by atoms with Gasteiger partial charge in [-0.15, -0.1) is 0 Å². The average Bonchev–Trinajstić information content (AvgIpc) is 2.95. The number of rotatable bonds is 8. The zero-order valence-electron chi connectivity index (χ0n) is 21.0. The number of hydrazone groups is 1. The largest absolute Gasteiger partial charge is 0.481 e. The monoisotopic (exact) mass is 511 g/mol. The van der Waals surface area contributed by atoms with E-state index in [0.717, 1.165) is 30.0 Å². The van der Waals surface area contributed by atoms with Crippen molar-refractivity contribution in [2.75, 3.05) is 18.8 Å². The second-order valence-electron chi connectivity index (χ2n) is 9.05. The smallest absolute Gasteiger partial charge is 0.306 e. The molecule has 3 aromatic rings. The van der Waals surface area contributed by atoms with E-state index in [0.29, 0.717) is 42.0 Å². The summed E-state index contributed by atoms with van der Waals surface area (Å²) in [6.45, 7) is 3.84. The highest BCUT2D eigenvalue weighted by Gasteiger charge is 2.27. The number of benzene rings is 1. The van der Waals surface area contributed by atoms with Crippen LogP contribution in [0, 0.1) is 17.2 Å². The molecule has 1 aliphatic heterocycles. The van der Waals surface area contributed by atoms with Gasteiger partial charge in [-0.2, -0.15) is 10.4 Å². The zero-order valence-corrected chi connectivity index (χ0v) is 21.0. The van der Waals surface area contributed by atoms with Gasteiger partial charge in [-0.25, -0.2) is 9.97 Å². The molecule has 38 heavy (non-hydrogen) atoms. The van der Waals surface area contributed by atoms with Crippen molar-refractivity contribution < 1.29 is 9.90 Å². The molecule has 0 amide bonds. The Labute approximate surface area is 220 Å². The van der Waals surface area contributed by atoms with Crippen molar-refractivity contribution in [2.24, 2.45) is 21.9 Å². The Morgan fingerprint density at radius 3 is 2.68 bits per heavy atom. The maximum absolute atomic E-state index is 11.2. The molecular formula is C27H29N9O2. The number of anilines is 1. The normalized spacial score (nSPS) is 15.8. The van der Waals surface area contributed by atoms with Crippen LogP contribution in [0.15, 0.2) is 58.6 Å². The van der Waals surface area contributed by atoms with Crippen LogP contribution in [0.4, 0.5) is 5.95 Å². The van der Waals surface area contributed by atoms with E-state index in [1.807, 2.05) is 24.3 Å². The summed E-state index contributed by atoms with van der Waals surface area (Å²) in [4.78, 5) is 31.3. The summed E-state index contributed by atoms with van der Waals surface area (Å²) in [5.41, 5.74) is 10.1. The Kier molecular flexibility index (Phi) is 8.35. The Bertz CT molecular complexity index is 1410. The third-order valence-electron chi connectivity index (χ3n) is 6.58. The van der Waals surface area contributed by atoms with Crippen molar-refractivity contribution in [1.82, 2.24) is 19.9 Å². The highest BCUT2D eigenvalue weighted by molar-refractivity contribution is 6.37. The van der Waals surface area contributed by atoms with Crippen LogP contribution < -0.4 is 11.6 Å². The van der Waals surface area contributed by atoms with E-state index < -0.39 is 5.97 Å². The number of carboxylic acid groups (broad SMARTS) is 1. The van der Waals surface area contributed by atoms with E-state index in [-0.39, 0.29) is 17.9 Å². The second kappa shape index (κ2) is 12.0. The summed E-state index contributed by atoms with van der Waals surface area (Å²) in [5.74, 6) is 4.70. The fourth-order valence-corrected chi connectivity index (χ4v) is 4.42. The molecule has 0 saturated carbocycles. The quantitative estimate of drug-likeness (QED) is 0.233. The number of aromatic nitrogens is 3. The number of hydrogen-bond donors (Lipinski definition) is 3. The van der Waals surface area contributed by atoms with Crippen molar-refractivity contribution in [3.05, 3.63) is 71.2 Å². The molecule has 4 rings (SSSR count). The summed E-state index contributed by atoms with van der Waals surface area (Å²) in [6.07, 6.45) is 2.81. The fraction of sp³-hybridized carbons (Fsp3) is 0.296. The van der Waals surface area contributed by atoms with Crippen molar-refractivity contribution in [2.45, 2.75) is 32.4 Å². The summed E-state index contributed by atoms with van der Waals surface area (Å²) in [6, 6.07) is 16.7. The van der Waals surface area contributed by atoms with Crippen molar-refractivity contribution in [3.63, 3.8) is 0 Å². The predicted molar refractivity (Wildman–Crippen MR) is 144 cm³/mol. The topological polar surface area (TPSA) is 180 Å². The molecule has 1 aromatic carbocycles. The minimum Gasteiger partial charge on any atom is -0.481 e. The van der Waals surface area contributed by atoms with Gasteiger partial charge in [0.1, 0.15) is 5.71 Å². The lowest BCUT2D eigenvalue weighted by Crippen LogP contribution is -2.38. The molecule has 1 atom stereocenters. The van der Waals surface area contributed by atoms with Crippen molar-refractivity contribution in [3.8, 4) is 17.3 Å². The molecule has 1 saturated heterocycles. The van der Waals surface area contributed by atoms with Crippen LogP contribution in [-0.2, 0) is 11.3 Å². The number of nitrogens with two attached hydrogens (primary N) is 2. The molecule has 0 unspecified atom stereocenters. The number of nitrogens with zero attached hydrogens (tertiary/aromatic N) is 7. The van der Waals surface area contributed by atoms with Crippen molar-refractivity contribution >= 4 is 23.8 Å². The van der Waals surface area contributed by atoms with E-state index in [2.05, 4.69) is 38.0 Å². The van der Waals surface area contributed by atoms with Gasteiger partial charge in [-0.05, 0) is 63.2 Å². The maximum atomic E-state index is 11.2.